The van der Waals surface area contributed by atoms with Crippen molar-refractivity contribution in [3.05, 3.63) is 41.3 Å². The van der Waals surface area contributed by atoms with Crippen molar-refractivity contribution < 1.29 is 0 Å². The van der Waals surface area contributed by atoms with Gasteiger partial charge in [-0.1, -0.05) is 29.8 Å². The van der Waals surface area contributed by atoms with Crippen LogP contribution in [0.4, 0.5) is 0 Å². The molecule has 1 aliphatic heterocycles. The average molecular weight is 247 g/mol. The predicted octanol–water partition coefficient (Wildman–Crippen LogP) is 4.10. The number of halogens is 1. The Labute approximate surface area is 106 Å². The fourth-order valence-corrected chi connectivity index (χ4v) is 2.72. The third-order valence-corrected chi connectivity index (χ3v) is 3.79. The Morgan fingerprint density at radius 3 is 2.94 bits per heavy atom. The molecule has 0 fully saturated rings. The maximum absolute atomic E-state index is 6.21. The van der Waals surface area contributed by atoms with Crippen molar-refractivity contribution in [3.8, 4) is 11.3 Å². The summed E-state index contributed by atoms with van der Waals surface area (Å²) in [5, 5.41) is 0.774. The van der Waals surface area contributed by atoms with Gasteiger partial charge in [-0.25, -0.2) is 4.98 Å². The van der Waals surface area contributed by atoms with Crippen LogP contribution < -0.4 is 0 Å². The summed E-state index contributed by atoms with van der Waals surface area (Å²) in [6.07, 6.45) is 5.70. The van der Waals surface area contributed by atoms with E-state index < -0.39 is 0 Å². The molecule has 1 atom stereocenters. The first-order valence-electron chi connectivity index (χ1n) is 6.08. The normalized spacial score (nSPS) is 19.1. The zero-order valence-electron chi connectivity index (χ0n) is 9.86. The second-order valence-corrected chi connectivity index (χ2v) is 5.08. The molecule has 3 heteroatoms. The molecule has 2 heterocycles. The number of benzene rings is 1. The number of nitrogens with zero attached hydrogens (tertiary/aromatic N) is 2. The van der Waals surface area contributed by atoms with Crippen LogP contribution in [0, 0.1) is 0 Å². The molecule has 0 N–H and O–H groups in total. The molecular weight excluding hydrogens is 232 g/mol. The lowest BCUT2D eigenvalue weighted by Gasteiger charge is -2.20. The van der Waals surface area contributed by atoms with E-state index in [4.69, 9.17) is 16.6 Å². The van der Waals surface area contributed by atoms with E-state index in [0.717, 1.165) is 22.7 Å². The highest BCUT2D eigenvalue weighted by molar-refractivity contribution is 6.33. The summed E-state index contributed by atoms with van der Waals surface area (Å²) in [5.74, 6) is 1.19. The van der Waals surface area contributed by atoms with Gasteiger partial charge in [-0.05, 0) is 25.8 Å². The number of hydrogen-bond acceptors (Lipinski definition) is 1. The van der Waals surface area contributed by atoms with Gasteiger partial charge in [-0.3, -0.25) is 0 Å². The first kappa shape index (κ1) is 10.8. The Balaban J connectivity index is 2.08. The minimum absolute atomic E-state index is 0.558. The van der Waals surface area contributed by atoms with Crippen LogP contribution in [0.2, 0.25) is 5.02 Å². The van der Waals surface area contributed by atoms with Crippen LogP contribution in [0.25, 0.3) is 11.3 Å². The molecule has 0 aliphatic carbocycles. The molecule has 0 bridgehead atoms. The van der Waals surface area contributed by atoms with Crippen LogP contribution in [0.15, 0.2) is 30.5 Å². The molecule has 0 radical (unpaired) electrons. The Morgan fingerprint density at radius 1 is 1.35 bits per heavy atom. The number of aromatic nitrogens is 2. The van der Waals surface area contributed by atoms with E-state index in [9.17, 15) is 0 Å². The molecule has 0 spiro atoms. The Kier molecular flexibility index (Phi) is 2.67. The number of rotatable bonds is 1. The zero-order valence-corrected chi connectivity index (χ0v) is 10.6. The van der Waals surface area contributed by atoms with Gasteiger partial charge in [-0.2, -0.15) is 0 Å². The van der Waals surface area contributed by atoms with Crippen LogP contribution in [0.1, 0.15) is 31.6 Å². The second kappa shape index (κ2) is 4.19. The highest BCUT2D eigenvalue weighted by Crippen LogP contribution is 2.31. The van der Waals surface area contributed by atoms with E-state index in [-0.39, 0.29) is 0 Å². The van der Waals surface area contributed by atoms with Crippen molar-refractivity contribution in [3.63, 3.8) is 0 Å². The molecule has 1 aromatic heterocycles. The third kappa shape index (κ3) is 1.87. The molecule has 3 rings (SSSR count). The second-order valence-electron chi connectivity index (χ2n) is 4.67. The zero-order chi connectivity index (χ0) is 11.8. The van der Waals surface area contributed by atoms with Gasteiger partial charge in [0.05, 0.1) is 10.7 Å². The standard InChI is InChI=1S/C14H15ClN2/c1-10-5-4-8-14-16-13(9-17(10)14)11-6-2-3-7-12(11)15/h2-3,6-7,9-10H,4-5,8H2,1H3. The van der Waals surface area contributed by atoms with Gasteiger partial charge in [0.2, 0.25) is 0 Å². The molecule has 2 aromatic rings. The molecular formula is C14H15ClN2. The maximum atomic E-state index is 6.21. The minimum atomic E-state index is 0.558. The van der Waals surface area contributed by atoms with Crippen LogP contribution in [0.3, 0.4) is 0 Å². The van der Waals surface area contributed by atoms with Crippen LogP contribution in [0.5, 0.6) is 0 Å². The number of imidazole rings is 1. The van der Waals surface area contributed by atoms with Crippen LogP contribution in [-0.2, 0) is 6.42 Å². The van der Waals surface area contributed by atoms with Gasteiger partial charge in [-0.15, -0.1) is 0 Å². The summed E-state index contributed by atoms with van der Waals surface area (Å²) in [4.78, 5) is 4.71. The number of fused-ring (bicyclic) bond motifs is 1. The summed E-state index contributed by atoms with van der Waals surface area (Å²) in [6, 6.07) is 8.45. The molecule has 1 aliphatic rings. The van der Waals surface area contributed by atoms with Gasteiger partial charge in [0.1, 0.15) is 5.82 Å². The molecule has 0 saturated heterocycles. The van der Waals surface area contributed by atoms with Gasteiger partial charge >= 0.3 is 0 Å². The van der Waals surface area contributed by atoms with Gasteiger partial charge in [0, 0.05) is 24.2 Å². The summed E-state index contributed by atoms with van der Waals surface area (Å²) in [5.41, 5.74) is 2.03. The molecule has 0 amide bonds. The summed E-state index contributed by atoms with van der Waals surface area (Å²) in [7, 11) is 0. The van der Waals surface area contributed by atoms with Crippen molar-refractivity contribution in [2.75, 3.05) is 0 Å². The summed E-state index contributed by atoms with van der Waals surface area (Å²) < 4.78 is 2.29. The SMILES string of the molecule is CC1CCCc2nc(-c3ccccc3Cl)cn21. The fraction of sp³-hybridized carbons (Fsp3) is 0.357. The predicted molar refractivity (Wildman–Crippen MR) is 70.3 cm³/mol. The first-order chi connectivity index (χ1) is 8.25. The molecule has 2 nitrogen and oxygen atoms in total. The highest BCUT2D eigenvalue weighted by Gasteiger charge is 2.19. The van der Waals surface area contributed by atoms with Gasteiger partial charge in [0.25, 0.3) is 0 Å². The van der Waals surface area contributed by atoms with E-state index in [1.807, 2.05) is 24.3 Å². The Hall–Kier alpha value is -1.28. The van der Waals surface area contributed by atoms with Crippen molar-refractivity contribution in [2.45, 2.75) is 32.2 Å². The van der Waals surface area contributed by atoms with E-state index in [0.29, 0.717) is 6.04 Å². The van der Waals surface area contributed by atoms with Crippen LogP contribution >= 0.6 is 11.6 Å². The number of aryl methyl sites for hydroxylation is 1. The molecule has 88 valence electrons. The lowest BCUT2D eigenvalue weighted by molar-refractivity contribution is 0.426. The molecule has 1 aromatic carbocycles. The topological polar surface area (TPSA) is 17.8 Å². The Morgan fingerprint density at radius 2 is 2.18 bits per heavy atom. The van der Waals surface area contributed by atoms with Gasteiger partial charge < -0.3 is 4.57 Å². The minimum Gasteiger partial charge on any atom is -0.331 e. The van der Waals surface area contributed by atoms with E-state index in [1.54, 1.807) is 0 Å². The molecule has 0 saturated carbocycles. The van der Waals surface area contributed by atoms with Crippen molar-refractivity contribution in [1.29, 1.82) is 0 Å². The van der Waals surface area contributed by atoms with E-state index in [2.05, 4.69) is 17.7 Å². The van der Waals surface area contributed by atoms with E-state index >= 15 is 0 Å². The van der Waals surface area contributed by atoms with Crippen LogP contribution in [-0.4, -0.2) is 9.55 Å². The third-order valence-electron chi connectivity index (χ3n) is 3.46. The summed E-state index contributed by atoms with van der Waals surface area (Å²) in [6.45, 7) is 2.25. The maximum Gasteiger partial charge on any atom is 0.109 e. The quantitative estimate of drug-likeness (QED) is 0.741. The lowest BCUT2D eigenvalue weighted by atomic mass is 10.1. The Bertz CT molecular complexity index is 545. The largest absolute Gasteiger partial charge is 0.331 e. The summed E-state index contributed by atoms with van der Waals surface area (Å²) >= 11 is 6.21. The molecule has 1 unspecified atom stereocenters. The number of hydrogen-bond donors (Lipinski definition) is 0. The van der Waals surface area contributed by atoms with Crippen molar-refractivity contribution in [1.82, 2.24) is 9.55 Å². The van der Waals surface area contributed by atoms with E-state index in [1.165, 1.54) is 18.7 Å². The smallest absolute Gasteiger partial charge is 0.109 e. The van der Waals surface area contributed by atoms with Gasteiger partial charge in [0.15, 0.2) is 0 Å². The lowest BCUT2D eigenvalue weighted by Crippen LogP contribution is -2.14. The molecule has 17 heavy (non-hydrogen) atoms. The monoisotopic (exact) mass is 246 g/mol. The first-order valence-corrected chi connectivity index (χ1v) is 6.46. The highest BCUT2D eigenvalue weighted by atomic mass is 35.5. The average Bonchev–Trinajstić information content (AvgIpc) is 2.75. The van der Waals surface area contributed by atoms with Crippen molar-refractivity contribution >= 4 is 11.6 Å². The fourth-order valence-electron chi connectivity index (χ4n) is 2.49. The van der Waals surface area contributed by atoms with Crippen molar-refractivity contribution in [2.24, 2.45) is 0 Å².